The lowest BCUT2D eigenvalue weighted by Crippen LogP contribution is -2.05. The normalized spacial score (nSPS) is 11.4. The molecule has 0 aliphatic rings. The van der Waals surface area contributed by atoms with Gasteiger partial charge in [-0.3, -0.25) is 0 Å². The zero-order chi connectivity index (χ0) is 23.7. The van der Waals surface area contributed by atoms with Crippen LogP contribution < -0.4 is 9.47 Å². The van der Waals surface area contributed by atoms with Crippen molar-refractivity contribution in [2.24, 2.45) is 0 Å². The molecule has 7 nitrogen and oxygen atoms in total. The van der Waals surface area contributed by atoms with Crippen molar-refractivity contribution in [2.45, 2.75) is 40.7 Å². The Kier molecular flexibility index (Phi) is 5.92. The van der Waals surface area contributed by atoms with E-state index in [2.05, 4.69) is 35.6 Å². The predicted molar refractivity (Wildman–Crippen MR) is 134 cm³/mol. The molecule has 5 aromatic rings. The number of hydrogen-bond donors (Lipinski definition) is 0. The first kappa shape index (κ1) is 21.9. The Balaban J connectivity index is 1.50. The third-order valence-electron chi connectivity index (χ3n) is 6.21. The fraction of sp³-hybridized carbons (Fsp3) is 0.296. The van der Waals surface area contributed by atoms with Gasteiger partial charge in [0.05, 0.1) is 18.6 Å². The minimum Gasteiger partial charge on any atom is -0.490 e. The summed E-state index contributed by atoms with van der Waals surface area (Å²) in [7, 11) is 0. The number of ether oxygens (including phenoxy) is 2. The summed E-state index contributed by atoms with van der Waals surface area (Å²) in [4.78, 5) is 9.65. The van der Waals surface area contributed by atoms with E-state index in [1.807, 2.05) is 50.2 Å². The lowest BCUT2D eigenvalue weighted by molar-refractivity contribution is 0.287. The maximum Gasteiger partial charge on any atom is 0.182 e. The van der Waals surface area contributed by atoms with Crippen LogP contribution in [0.5, 0.6) is 11.5 Å². The summed E-state index contributed by atoms with van der Waals surface area (Å²) in [6, 6.07) is 16.2. The van der Waals surface area contributed by atoms with Crippen molar-refractivity contribution >= 4 is 16.7 Å². The summed E-state index contributed by atoms with van der Waals surface area (Å²) in [5, 5.41) is 5.72. The van der Waals surface area contributed by atoms with Crippen LogP contribution in [0.1, 0.15) is 30.7 Å². The van der Waals surface area contributed by atoms with Crippen LogP contribution >= 0.6 is 0 Å². The largest absolute Gasteiger partial charge is 0.490 e. The Hall–Kier alpha value is -3.87. The zero-order valence-corrected chi connectivity index (χ0v) is 20.1. The molecule has 0 aliphatic carbocycles. The first-order valence-corrected chi connectivity index (χ1v) is 11.7. The lowest BCUT2D eigenvalue weighted by Gasteiger charge is -2.13. The highest BCUT2D eigenvalue weighted by molar-refractivity contribution is 5.94. The molecule has 0 fully saturated rings. The van der Waals surface area contributed by atoms with Gasteiger partial charge in [0.2, 0.25) is 0 Å². The Bertz CT molecular complexity index is 1450. The molecule has 0 amide bonds. The third kappa shape index (κ3) is 3.87. The van der Waals surface area contributed by atoms with Crippen LogP contribution in [0.3, 0.4) is 0 Å². The van der Waals surface area contributed by atoms with Crippen LogP contribution in [0.4, 0.5) is 0 Å². The van der Waals surface area contributed by atoms with Crippen LogP contribution in [0.2, 0.25) is 0 Å². The van der Waals surface area contributed by atoms with Gasteiger partial charge >= 0.3 is 0 Å². The molecule has 0 radical (unpaired) electrons. The van der Waals surface area contributed by atoms with E-state index in [-0.39, 0.29) is 0 Å². The van der Waals surface area contributed by atoms with Crippen molar-refractivity contribution in [3.05, 3.63) is 71.7 Å². The van der Waals surface area contributed by atoms with E-state index in [1.165, 1.54) is 16.8 Å². The fourth-order valence-electron chi connectivity index (χ4n) is 4.41. The van der Waals surface area contributed by atoms with E-state index in [0.717, 1.165) is 46.7 Å². The summed E-state index contributed by atoms with van der Waals surface area (Å²) in [5.41, 5.74) is 6.33. The second-order valence-electron chi connectivity index (χ2n) is 8.27. The Morgan fingerprint density at radius 1 is 0.882 bits per heavy atom. The van der Waals surface area contributed by atoms with Crippen molar-refractivity contribution in [3.8, 4) is 22.9 Å². The quantitative estimate of drug-likeness (QED) is 0.313. The van der Waals surface area contributed by atoms with Crippen molar-refractivity contribution in [1.82, 2.24) is 24.1 Å². The van der Waals surface area contributed by atoms with Crippen LogP contribution in [0.15, 0.2) is 54.9 Å². The zero-order valence-electron chi connectivity index (χ0n) is 20.1. The second kappa shape index (κ2) is 9.17. The maximum atomic E-state index is 5.81. The molecule has 0 spiro atoms. The molecule has 0 N–H and O–H groups in total. The van der Waals surface area contributed by atoms with Crippen LogP contribution in [-0.2, 0) is 13.0 Å². The van der Waals surface area contributed by atoms with Crippen LogP contribution in [0.25, 0.3) is 28.1 Å². The molecule has 0 bridgehead atoms. The summed E-state index contributed by atoms with van der Waals surface area (Å²) in [6.45, 7) is 10.3. The van der Waals surface area contributed by atoms with E-state index in [0.29, 0.717) is 19.0 Å². The number of hydrogen-bond acceptors (Lipinski definition) is 5. The van der Waals surface area contributed by atoms with Crippen molar-refractivity contribution in [2.75, 3.05) is 13.2 Å². The Morgan fingerprint density at radius 2 is 1.65 bits per heavy atom. The molecular formula is C27H29N5O2. The van der Waals surface area contributed by atoms with Crippen LogP contribution in [0, 0.1) is 13.8 Å². The molecular weight excluding hydrogens is 426 g/mol. The van der Waals surface area contributed by atoms with Gasteiger partial charge in [-0.2, -0.15) is 0 Å². The van der Waals surface area contributed by atoms with E-state index in [4.69, 9.17) is 19.4 Å². The molecule has 3 heterocycles. The number of benzene rings is 2. The number of nitrogens with zero attached hydrogens (tertiary/aromatic N) is 5. The van der Waals surface area contributed by atoms with E-state index < -0.39 is 0 Å². The van der Waals surface area contributed by atoms with E-state index in [1.54, 1.807) is 10.8 Å². The molecule has 0 atom stereocenters. The van der Waals surface area contributed by atoms with Gasteiger partial charge in [-0.25, -0.2) is 14.5 Å². The average Bonchev–Trinajstić information content (AvgIpc) is 3.39. The number of rotatable bonds is 8. The van der Waals surface area contributed by atoms with E-state index >= 15 is 0 Å². The first-order valence-electron chi connectivity index (χ1n) is 11.7. The van der Waals surface area contributed by atoms with Gasteiger partial charge in [-0.1, -0.05) is 36.4 Å². The molecule has 5 rings (SSSR count). The number of aromatic nitrogens is 5. The SMILES string of the molecule is CCOc1ccc(CCn2c(C)c(C)c3c2ncn2nc(-c4ccccc4)nc32)cc1OCC. The molecule has 0 saturated heterocycles. The molecule has 2 aromatic carbocycles. The molecule has 3 aromatic heterocycles. The Labute approximate surface area is 199 Å². The minimum atomic E-state index is 0.604. The highest BCUT2D eigenvalue weighted by Crippen LogP contribution is 2.31. The molecule has 34 heavy (non-hydrogen) atoms. The van der Waals surface area contributed by atoms with Gasteiger partial charge in [-0.15, -0.1) is 5.10 Å². The number of aryl methyl sites for hydroxylation is 3. The highest BCUT2D eigenvalue weighted by Gasteiger charge is 2.18. The summed E-state index contributed by atoms with van der Waals surface area (Å²) >= 11 is 0. The number of fused-ring (bicyclic) bond motifs is 3. The molecule has 0 saturated carbocycles. The lowest BCUT2D eigenvalue weighted by atomic mass is 10.1. The minimum absolute atomic E-state index is 0.604. The van der Waals surface area contributed by atoms with Gasteiger partial charge in [0, 0.05) is 17.8 Å². The predicted octanol–water partition coefficient (Wildman–Crippen LogP) is 5.40. The monoisotopic (exact) mass is 455 g/mol. The first-order chi connectivity index (χ1) is 16.6. The van der Waals surface area contributed by atoms with Crippen LogP contribution in [-0.4, -0.2) is 37.4 Å². The van der Waals surface area contributed by atoms with Gasteiger partial charge in [0.25, 0.3) is 0 Å². The molecule has 174 valence electrons. The maximum absolute atomic E-state index is 5.81. The Morgan fingerprint density at radius 3 is 2.41 bits per heavy atom. The highest BCUT2D eigenvalue weighted by atomic mass is 16.5. The van der Waals surface area contributed by atoms with E-state index in [9.17, 15) is 0 Å². The van der Waals surface area contributed by atoms with Gasteiger partial charge < -0.3 is 14.0 Å². The third-order valence-corrected chi connectivity index (χ3v) is 6.21. The van der Waals surface area contributed by atoms with Gasteiger partial charge in [-0.05, 0) is 57.4 Å². The second-order valence-corrected chi connectivity index (χ2v) is 8.27. The summed E-state index contributed by atoms with van der Waals surface area (Å²) in [5.74, 6) is 2.29. The van der Waals surface area contributed by atoms with Gasteiger partial charge in [0.1, 0.15) is 12.0 Å². The van der Waals surface area contributed by atoms with Crippen molar-refractivity contribution in [1.29, 1.82) is 0 Å². The summed E-state index contributed by atoms with van der Waals surface area (Å²) in [6.07, 6.45) is 2.61. The standard InChI is InChI=1S/C27H29N5O2/c1-5-33-22-13-12-20(16-23(22)34-6-2)14-15-31-19(4)18(3)24-26(31)28-17-32-27(24)29-25(30-32)21-10-8-7-9-11-21/h7-13,16-17H,5-6,14-15H2,1-4H3. The fourth-order valence-corrected chi connectivity index (χ4v) is 4.41. The average molecular weight is 456 g/mol. The molecule has 0 unspecified atom stereocenters. The van der Waals surface area contributed by atoms with Crippen molar-refractivity contribution < 1.29 is 9.47 Å². The summed E-state index contributed by atoms with van der Waals surface area (Å²) < 4.78 is 15.6. The topological polar surface area (TPSA) is 66.5 Å². The molecule has 7 heteroatoms. The molecule has 0 aliphatic heterocycles. The van der Waals surface area contributed by atoms with Crippen molar-refractivity contribution in [3.63, 3.8) is 0 Å². The smallest absolute Gasteiger partial charge is 0.182 e. The van der Waals surface area contributed by atoms with Gasteiger partial charge in [0.15, 0.2) is 23.0 Å².